The van der Waals surface area contributed by atoms with Crippen molar-refractivity contribution in [2.75, 3.05) is 0 Å². The Balaban J connectivity index is 2.41. The smallest absolute Gasteiger partial charge is 0.300 e. The van der Waals surface area contributed by atoms with Gasteiger partial charge in [0.25, 0.3) is 5.56 Å². The minimum atomic E-state index is -0.281. The van der Waals surface area contributed by atoms with Crippen molar-refractivity contribution in [3.63, 3.8) is 0 Å². The molecule has 0 aliphatic rings. The van der Waals surface area contributed by atoms with E-state index in [0.717, 1.165) is 12.0 Å². The normalized spacial score (nSPS) is 10.5. The molecule has 94 valence electrons. The van der Waals surface area contributed by atoms with Crippen molar-refractivity contribution >= 4 is 0 Å². The standard InChI is InChI=1S/C13H15N3O2/c1-2-7-15-8-5-12(17)16(13(15)18)10-11-4-3-6-14-9-11/h3-6,8-9H,2,7,10H2,1H3. The van der Waals surface area contributed by atoms with Crippen molar-refractivity contribution in [1.29, 1.82) is 0 Å². The molecule has 2 heterocycles. The van der Waals surface area contributed by atoms with Crippen LogP contribution in [0.2, 0.25) is 0 Å². The second-order valence-electron chi connectivity index (χ2n) is 4.08. The van der Waals surface area contributed by atoms with Crippen LogP contribution in [0.5, 0.6) is 0 Å². The van der Waals surface area contributed by atoms with E-state index in [0.29, 0.717) is 6.54 Å². The van der Waals surface area contributed by atoms with Crippen LogP contribution in [0.25, 0.3) is 0 Å². The van der Waals surface area contributed by atoms with Crippen molar-refractivity contribution in [3.8, 4) is 0 Å². The van der Waals surface area contributed by atoms with Crippen molar-refractivity contribution < 1.29 is 0 Å². The fourth-order valence-electron chi connectivity index (χ4n) is 1.79. The lowest BCUT2D eigenvalue weighted by molar-refractivity contribution is 0.570. The van der Waals surface area contributed by atoms with Gasteiger partial charge in [0, 0.05) is 31.2 Å². The summed E-state index contributed by atoms with van der Waals surface area (Å²) in [5.74, 6) is 0. The van der Waals surface area contributed by atoms with E-state index >= 15 is 0 Å². The van der Waals surface area contributed by atoms with Crippen LogP contribution in [0.3, 0.4) is 0 Å². The zero-order valence-electron chi connectivity index (χ0n) is 10.2. The van der Waals surface area contributed by atoms with Crippen LogP contribution in [0.4, 0.5) is 0 Å². The summed E-state index contributed by atoms with van der Waals surface area (Å²) in [4.78, 5) is 27.8. The van der Waals surface area contributed by atoms with E-state index in [9.17, 15) is 9.59 Å². The van der Waals surface area contributed by atoms with Crippen molar-refractivity contribution in [1.82, 2.24) is 14.1 Å². The van der Waals surface area contributed by atoms with Gasteiger partial charge in [0.15, 0.2) is 0 Å². The molecule has 2 aromatic heterocycles. The molecule has 2 aromatic rings. The average molecular weight is 245 g/mol. The van der Waals surface area contributed by atoms with E-state index in [4.69, 9.17) is 0 Å². The van der Waals surface area contributed by atoms with Crippen LogP contribution in [0.15, 0.2) is 46.4 Å². The summed E-state index contributed by atoms with van der Waals surface area (Å²) in [6, 6.07) is 5.05. The molecule has 18 heavy (non-hydrogen) atoms. The van der Waals surface area contributed by atoms with E-state index in [1.165, 1.54) is 10.6 Å². The number of aryl methyl sites for hydroxylation is 1. The molecule has 5 heteroatoms. The first kappa shape index (κ1) is 12.3. The van der Waals surface area contributed by atoms with Gasteiger partial charge in [-0.3, -0.25) is 14.3 Å². The summed E-state index contributed by atoms with van der Waals surface area (Å²) in [5.41, 5.74) is 0.287. The Hall–Kier alpha value is -2.17. The number of pyridine rings is 1. The Morgan fingerprint density at radius 1 is 1.28 bits per heavy atom. The molecule has 0 fully saturated rings. The molecule has 0 aliphatic carbocycles. The molecule has 0 aliphatic heterocycles. The highest BCUT2D eigenvalue weighted by Gasteiger charge is 2.05. The second kappa shape index (κ2) is 5.44. The highest BCUT2D eigenvalue weighted by Crippen LogP contribution is 1.96. The summed E-state index contributed by atoms with van der Waals surface area (Å²) in [5, 5.41) is 0. The highest BCUT2D eigenvalue weighted by molar-refractivity contribution is 5.09. The molecule has 0 saturated carbocycles. The second-order valence-corrected chi connectivity index (χ2v) is 4.08. The molecule has 0 unspecified atom stereocenters. The molecule has 0 bridgehead atoms. The lowest BCUT2D eigenvalue weighted by Gasteiger charge is -2.08. The van der Waals surface area contributed by atoms with Crippen LogP contribution >= 0.6 is 0 Å². The van der Waals surface area contributed by atoms with Gasteiger partial charge in [-0.15, -0.1) is 0 Å². The van der Waals surface area contributed by atoms with Crippen molar-refractivity contribution in [2.24, 2.45) is 0 Å². The van der Waals surface area contributed by atoms with Gasteiger partial charge in [0.05, 0.1) is 6.54 Å². The van der Waals surface area contributed by atoms with Crippen LogP contribution in [-0.2, 0) is 13.1 Å². The van der Waals surface area contributed by atoms with E-state index in [2.05, 4.69) is 4.98 Å². The summed E-state index contributed by atoms with van der Waals surface area (Å²) >= 11 is 0. The van der Waals surface area contributed by atoms with Gasteiger partial charge < -0.3 is 4.57 Å². The molecule has 0 amide bonds. The zero-order chi connectivity index (χ0) is 13.0. The van der Waals surface area contributed by atoms with Gasteiger partial charge in [0.2, 0.25) is 0 Å². The minimum absolute atomic E-state index is 0.260. The van der Waals surface area contributed by atoms with Gasteiger partial charge in [-0.25, -0.2) is 4.79 Å². The number of nitrogens with zero attached hydrogens (tertiary/aromatic N) is 3. The first-order chi connectivity index (χ1) is 8.72. The molecular formula is C13H15N3O2. The number of hydrogen-bond acceptors (Lipinski definition) is 3. The van der Waals surface area contributed by atoms with Gasteiger partial charge in [-0.05, 0) is 18.1 Å². The average Bonchev–Trinajstić information content (AvgIpc) is 2.39. The molecule has 0 N–H and O–H groups in total. The largest absolute Gasteiger partial charge is 0.331 e. The number of rotatable bonds is 4. The van der Waals surface area contributed by atoms with E-state index in [1.807, 2.05) is 13.0 Å². The maximum Gasteiger partial charge on any atom is 0.331 e. The van der Waals surface area contributed by atoms with Crippen LogP contribution in [0, 0.1) is 0 Å². The Bertz CT molecular complexity index is 629. The lowest BCUT2D eigenvalue weighted by atomic mass is 10.3. The Morgan fingerprint density at radius 3 is 2.78 bits per heavy atom. The van der Waals surface area contributed by atoms with Crippen molar-refractivity contribution in [3.05, 3.63) is 63.2 Å². The van der Waals surface area contributed by atoms with E-state index < -0.39 is 0 Å². The molecular weight excluding hydrogens is 230 g/mol. The number of aromatic nitrogens is 3. The predicted molar refractivity (Wildman–Crippen MR) is 68.6 cm³/mol. The summed E-state index contributed by atoms with van der Waals surface area (Å²) in [7, 11) is 0. The van der Waals surface area contributed by atoms with Gasteiger partial charge in [-0.1, -0.05) is 13.0 Å². The van der Waals surface area contributed by atoms with Gasteiger partial charge in [-0.2, -0.15) is 0 Å². The molecule has 0 spiro atoms. The summed E-state index contributed by atoms with van der Waals surface area (Å²) in [6.07, 6.45) is 5.72. The Morgan fingerprint density at radius 2 is 2.11 bits per heavy atom. The van der Waals surface area contributed by atoms with E-state index in [1.54, 1.807) is 29.2 Å². The first-order valence-electron chi connectivity index (χ1n) is 5.91. The molecule has 0 radical (unpaired) electrons. The maximum absolute atomic E-state index is 12.1. The quantitative estimate of drug-likeness (QED) is 0.803. The molecule has 2 rings (SSSR count). The van der Waals surface area contributed by atoms with Gasteiger partial charge in [0.1, 0.15) is 0 Å². The fraction of sp³-hybridized carbons (Fsp3) is 0.308. The number of hydrogen-bond donors (Lipinski definition) is 0. The Labute approximate surface area is 104 Å². The van der Waals surface area contributed by atoms with Crippen LogP contribution in [0.1, 0.15) is 18.9 Å². The maximum atomic E-state index is 12.1. The fourth-order valence-corrected chi connectivity index (χ4v) is 1.79. The topological polar surface area (TPSA) is 56.9 Å². The SMILES string of the molecule is CCCn1ccc(=O)n(Cc2cccnc2)c1=O. The zero-order valence-corrected chi connectivity index (χ0v) is 10.2. The highest BCUT2D eigenvalue weighted by atomic mass is 16.2. The molecule has 0 atom stereocenters. The lowest BCUT2D eigenvalue weighted by Crippen LogP contribution is -2.39. The first-order valence-corrected chi connectivity index (χ1v) is 5.91. The van der Waals surface area contributed by atoms with Gasteiger partial charge >= 0.3 is 5.69 Å². The third-order valence-electron chi connectivity index (χ3n) is 2.67. The van der Waals surface area contributed by atoms with E-state index in [-0.39, 0.29) is 17.8 Å². The van der Waals surface area contributed by atoms with Crippen LogP contribution < -0.4 is 11.2 Å². The predicted octanol–water partition coefficient (Wildman–Crippen LogP) is 0.863. The third kappa shape index (κ3) is 2.56. The summed E-state index contributed by atoms with van der Waals surface area (Å²) < 4.78 is 2.78. The molecule has 5 nitrogen and oxygen atoms in total. The minimum Gasteiger partial charge on any atom is -0.300 e. The summed E-state index contributed by atoms with van der Waals surface area (Å²) in [6.45, 7) is 2.87. The van der Waals surface area contributed by atoms with Crippen LogP contribution in [-0.4, -0.2) is 14.1 Å². The Kier molecular flexibility index (Phi) is 3.72. The monoisotopic (exact) mass is 245 g/mol. The molecule has 0 aromatic carbocycles. The third-order valence-corrected chi connectivity index (χ3v) is 2.67. The van der Waals surface area contributed by atoms with Crippen molar-refractivity contribution in [2.45, 2.75) is 26.4 Å². The molecule has 0 saturated heterocycles.